The molecular formula is C23H35NO3. The van der Waals surface area contributed by atoms with Gasteiger partial charge >= 0.3 is 0 Å². The molecule has 4 aliphatic rings. The van der Waals surface area contributed by atoms with Crippen LogP contribution in [-0.4, -0.2) is 28.9 Å². The van der Waals surface area contributed by atoms with Crippen LogP contribution in [0.3, 0.4) is 0 Å². The van der Waals surface area contributed by atoms with Gasteiger partial charge in [0, 0.05) is 18.4 Å². The SMILES string of the molecule is CC(C)NC(=O)C1CCC2C3CCC4=CC(=O)CC[C@]4(C)C3[C@@H](O)C[C@]12C. The van der Waals surface area contributed by atoms with Gasteiger partial charge < -0.3 is 10.4 Å². The lowest BCUT2D eigenvalue weighted by atomic mass is 9.46. The molecule has 2 N–H and O–H groups in total. The third kappa shape index (κ3) is 2.82. The molecule has 0 heterocycles. The Morgan fingerprint density at radius 3 is 2.67 bits per heavy atom. The van der Waals surface area contributed by atoms with Gasteiger partial charge in [-0.2, -0.15) is 0 Å². The number of fused-ring (bicyclic) bond motifs is 5. The van der Waals surface area contributed by atoms with Gasteiger partial charge in [-0.15, -0.1) is 0 Å². The van der Waals surface area contributed by atoms with Crippen LogP contribution in [0.15, 0.2) is 11.6 Å². The van der Waals surface area contributed by atoms with Crippen molar-refractivity contribution in [1.29, 1.82) is 0 Å². The number of hydrogen-bond acceptors (Lipinski definition) is 3. The fourth-order valence-electron chi connectivity index (χ4n) is 7.50. The molecule has 4 aliphatic carbocycles. The summed E-state index contributed by atoms with van der Waals surface area (Å²) >= 11 is 0. The van der Waals surface area contributed by atoms with Crippen molar-refractivity contribution in [2.24, 2.45) is 34.5 Å². The van der Waals surface area contributed by atoms with Crippen molar-refractivity contribution in [2.45, 2.75) is 84.8 Å². The highest BCUT2D eigenvalue weighted by Crippen LogP contribution is 2.66. The summed E-state index contributed by atoms with van der Waals surface area (Å²) in [6, 6.07) is 0.155. The maximum Gasteiger partial charge on any atom is 0.223 e. The van der Waals surface area contributed by atoms with Gasteiger partial charge in [-0.3, -0.25) is 9.59 Å². The van der Waals surface area contributed by atoms with Crippen LogP contribution in [0, 0.1) is 34.5 Å². The molecule has 150 valence electrons. The Hall–Kier alpha value is -1.16. The van der Waals surface area contributed by atoms with E-state index in [-0.39, 0.29) is 46.5 Å². The summed E-state index contributed by atoms with van der Waals surface area (Å²) < 4.78 is 0. The van der Waals surface area contributed by atoms with Crippen molar-refractivity contribution in [1.82, 2.24) is 5.32 Å². The van der Waals surface area contributed by atoms with Crippen molar-refractivity contribution in [3.05, 3.63) is 11.6 Å². The highest BCUT2D eigenvalue weighted by atomic mass is 16.3. The molecule has 4 unspecified atom stereocenters. The number of aliphatic hydroxyl groups is 1. The molecule has 1 amide bonds. The number of rotatable bonds is 2. The average molecular weight is 374 g/mol. The standard InChI is InChI=1S/C23H35NO3/c1-13(2)24-21(27)18-8-7-17-16-6-5-14-11-15(25)9-10-22(14,3)20(16)19(26)12-23(17,18)4/h11,13,16-20,26H,5-10,12H2,1-4H3,(H,24,27)/t16?,17?,18?,19-,20?,22-,23-/m0/s1. The van der Waals surface area contributed by atoms with E-state index in [0.717, 1.165) is 32.1 Å². The van der Waals surface area contributed by atoms with Crippen molar-refractivity contribution in [3.63, 3.8) is 0 Å². The molecule has 0 radical (unpaired) electrons. The van der Waals surface area contributed by atoms with Crippen LogP contribution in [0.1, 0.15) is 72.6 Å². The molecule has 3 saturated carbocycles. The molecule has 0 aromatic rings. The van der Waals surface area contributed by atoms with Crippen LogP contribution >= 0.6 is 0 Å². The topological polar surface area (TPSA) is 66.4 Å². The van der Waals surface area contributed by atoms with E-state index in [1.807, 2.05) is 19.9 Å². The van der Waals surface area contributed by atoms with Gasteiger partial charge in [0.25, 0.3) is 0 Å². The molecule has 3 fully saturated rings. The number of carbonyl (C=O) groups is 2. The molecular weight excluding hydrogens is 338 g/mol. The Morgan fingerprint density at radius 2 is 1.96 bits per heavy atom. The lowest BCUT2D eigenvalue weighted by Gasteiger charge is -2.59. The fourth-order valence-corrected chi connectivity index (χ4v) is 7.50. The molecule has 4 nitrogen and oxygen atoms in total. The second kappa shape index (κ2) is 6.43. The number of amides is 1. The first-order valence-corrected chi connectivity index (χ1v) is 10.9. The molecule has 7 atom stereocenters. The van der Waals surface area contributed by atoms with Crippen LogP contribution in [0.4, 0.5) is 0 Å². The summed E-state index contributed by atoms with van der Waals surface area (Å²) in [5, 5.41) is 14.4. The predicted molar refractivity (Wildman–Crippen MR) is 105 cm³/mol. The Kier molecular flexibility index (Phi) is 4.57. The summed E-state index contributed by atoms with van der Waals surface area (Å²) in [7, 11) is 0. The van der Waals surface area contributed by atoms with Crippen molar-refractivity contribution >= 4 is 11.7 Å². The van der Waals surface area contributed by atoms with Gasteiger partial charge in [0.2, 0.25) is 5.91 Å². The number of nitrogens with one attached hydrogen (secondary N) is 1. The normalized spacial score (nSPS) is 46.4. The lowest BCUT2D eigenvalue weighted by molar-refractivity contribution is -0.146. The third-order valence-corrected chi connectivity index (χ3v) is 8.64. The maximum atomic E-state index is 12.9. The Labute approximate surface area is 163 Å². The van der Waals surface area contributed by atoms with Gasteiger partial charge in [-0.05, 0) is 87.0 Å². The zero-order valence-electron chi connectivity index (χ0n) is 17.3. The minimum Gasteiger partial charge on any atom is -0.393 e. The Bertz CT molecular complexity index is 683. The number of carbonyl (C=O) groups excluding carboxylic acids is 2. The number of aliphatic hydroxyl groups excluding tert-OH is 1. The molecule has 4 rings (SSSR count). The summed E-state index contributed by atoms with van der Waals surface area (Å²) in [5.41, 5.74) is 1.12. The second-order valence-corrected chi connectivity index (χ2v) is 10.5. The quantitative estimate of drug-likeness (QED) is 0.777. The maximum absolute atomic E-state index is 12.9. The van der Waals surface area contributed by atoms with Crippen LogP contribution in [-0.2, 0) is 9.59 Å². The molecule has 0 spiro atoms. The van der Waals surface area contributed by atoms with Gasteiger partial charge in [-0.25, -0.2) is 0 Å². The van der Waals surface area contributed by atoms with Crippen molar-refractivity contribution in [2.75, 3.05) is 0 Å². The van der Waals surface area contributed by atoms with E-state index >= 15 is 0 Å². The first-order valence-electron chi connectivity index (χ1n) is 10.9. The zero-order valence-corrected chi connectivity index (χ0v) is 17.3. The Morgan fingerprint density at radius 1 is 1.22 bits per heavy atom. The van der Waals surface area contributed by atoms with E-state index < -0.39 is 0 Å². The number of hydrogen-bond donors (Lipinski definition) is 2. The molecule has 0 aromatic carbocycles. The smallest absolute Gasteiger partial charge is 0.223 e. The van der Waals surface area contributed by atoms with E-state index in [4.69, 9.17) is 0 Å². The van der Waals surface area contributed by atoms with E-state index in [9.17, 15) is 14.7 Å². The summed E-state index contributed by atoms with van der Waals surface area (Å²) in [5.74, 6) is 1.64. The Balaban J connectivity index is 1.65. The zero-order chi connectivity index (χ0) is 19.6. The monoisotopic (exact) mass is 373 g/mol. The fraction of sp³-hybridized carbons (Fsp3) is 0.826. The van der Waals surface area contributed by atoms with Crippen molar-refractivity contribution < 1.29 is 14.7 Å². The highest BCUT2D eigenvalue weighted by molar-refractivity contribution is 5.91. The summed E-state index contributed by atoms with van der Waals surface area (Å²) in [6.45, 7) is 8.57. The average Bonchev–Trinajstić information content (AvgIpc) is 2.91. The first kappa shape index (κ1) is 19.2. The van der Waals surface area contributed by atoms with Crippen molar-refractivity contribution in [3.8, 4) is 0 Å². The van der Waals surface area contributed by atoms with Crippen LogP contribution in [0.5, 0.6) is 0 Å². The van der Waals surface area contributed by atoms with Gasteiger partial charge in [-0.1, -0.05) is 19.4 Å². The van der Waals surface area contributed by atoms with Crippen LogP contribution < -0.4 is 5.32 Å². The predicted octanol–water partition coefficient (Wildman–Crippen LogP) is 3.63. The molecule has 0 aromatic heterocycles. The largest absolute Gasteiger partial charge is 0.393 e. The molecule has 0 aliphatic heterocycles. The summed E-state index contributed by atoms with van der Waals surface area (Å²) in [6.07, 6.45) is 7.75. The van der Waals surface area contributed by atoms with Gasteiger partial charge in [0.05, 0.1) is 6.10 Å². The van der Waals surface area contributed by atoms with E-state index in [0.29, 0.717) is 24.7 Å². The third-order valence-electron chi connectivity index (χ3n) is 8.64. The number of ketones is 1. The minimum atomic E-state index is -0.384. The van der Waals surface area contributed by atoms with E-state index in [1.165, 1.54) is 5.57 Å². The van der Waals surface area contributed by atoms with Crippen LogP contribution in [0.2, 0.25) is 0 Å². The lowest BCUT2D eigenvalue weighted by Crippen LogP contribution is -2.57. The van der Waals surface area contributed by atoms with E-state index in [2.05, 4.69) is 19.2 Å². The molecule has 0 saturated heterocycles. The number of allylic oxidation sites excluding steroid dienone is 1. The first-order chi connectivity index (χ1) is 12.7. The molecule has 0 bridgehead atoms. The van der Waals surface area contributed by atoms with Crippen LogP contribution in [0.25, 0.3) is 0 Å². The molecule has 27 heavy (non-hydrogen) atoms. The molecule has 4 heteroatoms. The van der Waals surface area contributed by atoms with E-state index in [1.54, 1.807) is 0 Å². The second-order valence-electron chi connectivity index (χ2n) is 10.5. The van der Waals surface area contributed by atoms with Gasteiger partial charge in [0.15, 0.2) is 5.78 Å². The van der Waals surface area contributed by atoms with Gasteiger partial charge in [0.1, 0.15) is 0 Å². The minimum absolute atomic E-state index is 0.0122. The summed E-state index contributed by atoms with van der Waals surface area (Å²) in [4.78, 5) is 24.8. The highest BCUT2D eigenvalue weighted by Gasteiger charge is 2.63.